The molecule has 0 saturated carbocycles. The van der Waals surface area contributed by atoms with Gasteiger partial charge in [-0.1, -0.05) is 0 Å². The summed E-state index contributed by atoms with van der Waals surface area (Å²) in [6.45, 7) is 5.78. The van der Waals surface area contributed by atoms with E-state index in [0.29, 0.717) is 0 Å². The largest absolute Gasteiger partial charge is 0.363 e. The molecular weight excluding hydrogens is 238 g/mol. The molecule has 94 valence electrons. The standard InChI is InChI=1S/C11H17N5.ClH/c1-4-16-10(5-6-13-16)7-12-11-9(2)8-15(3)14-11;/h5-6,8H,4,7H2,1-3H3,(H,12,14);1H. The molecule has 2 rings (SSSR count). The van der Waals surface area contributed by atoms with Gasteiger partial charge in [-0.15, -0.1) is 12.4 Å². The number of nitrogens with one attached hydrogen (secondary N) is 1. The number of aromatic nitrogens is 4. The molecule has 2 heterocycles. The van der Waals surface area contributed by atoms with Crippen LogP contribution in [-0.4, -0.2) is 19.6 Å². The highest BCUT2D eigenvalue weighted by Gasteiger charge is 2.04. The molecular formula is C11H18ClN5. The summed E-state index contributed by atoms with van der Waals surface area (Å²) < 4.78 is 3.79. The Balaban J connectivity index is 0.00000144. The molecule has 2 aromatic heterocycles. The average Bonchev–Trinajstić information content (AvgIpc) is 2.81. The van der Waals surface area contributed by atoms with Crippen molar-refractivity contribution >= 4 is 18.2 Å². The highest BCUT2D eigenvalue weighted by molar-refractivity contribution is 5.85. The number of anilines is 1. The van der Waals surface area contributed by atoms with Crippen molar-refractivity contribution in [1.29, 1.82) is 0 Å². The van der Waals surface area contributed by atoms with Gasteiger partial charge in [0.05, 0.1) is 12.2 Å². The van der Waals surface area contributed by atoms with Gasteiger partial charge >= 0.3 is 0 Å². The lowest BCUT2D eigenvalue weighted by Gasteiger charge is -2.06. The van der Waals surface area contributed by atoms with E-state index in [4.69, 9.17) is 0 Å². The highest BCUT2D eigenvalue weighted by Crippen LogP contribution is 2.11. The van der Waals surface area contributed by atoms with Crippen LogP contribution in [0.1, 0.15) is 18.2 Å². The predicted molar refractivity (Wildman–Crippen MR) is 70.4 cm³/mol. The molecule has 0 spiro atoms. The number of nitrogens with zero attached hydrogens (tertiary/aromatic N) is 4. The van der Waals surface area contributed by atoms with Crippen LogP contribution in [0.2, 0.25) is 0 Å². The van der Waals surface area contributed by atoms with E-state index in [1.807, 2.05) is 41.8 Å². The first kappa shape index (κ1) is 13.6. The summed E-state index contributed by atoms with van der Waals surface area (Å²) in [5, 5.41) is 11.9. The van der Waals surface area contributed by atoms with Crippen LogP contribution in [0.3, 0.4) is 0 Å². The Kier molecular flexibility index (Phi) is 4.57. The second-order valence-electron chi connectivity index (χ2n) is 3.83. The van der Waals surface area contributed by atoms with Crippen LogP contribution in [0, 0.1) is 6.92 Å². The SMILES string of the molecule is CCn1nccc1CNc1nn(C)cc1C.Cl. The summed E-state index contributed by atoms with van der Waals surface area (Å²) >= 11 is 0. The topological polar surface area (TPSA) is 47.7 Å². The molecule has 0 radical (unpaired) electrons. The number of rotatable bonds is 4. The van der Waals surface area contributed by atoms with E-state index >= 15 is 0 Å². The van der Waals surface area contributed by atoms with Gasteiger partial charge in [-0.25, -0.2) is 0 Å². The van der Waals surface area contributed by atoms with Crippen molar-refractivity contribution in [3.8, 4) is 0 Å². The predicted octanol–water partition coefficient (Wildman–Crippen LogP) is 1.98. The molecule has 17 heavy (non-hydrogen) atoms. The summed E-state index contributed by atoms with van der Waals surface area (Å²) in [6.07, 6.45) is 3.82. The molecule has 0 amide bonds. The molecule has 0 aliphatic carbocycles. The Morgan fingerprint density at radius 1 is 1.41 bits per heavy atom. The molecule has 1 N–H and O–H groups in total. The maximum Gasteiger partial charge on any atom is 0.151 e. The first-order chi connectivity index (χ1) is 7.70. The second-order valence-corrected chi connectivity index (χ2v) is 3.83. The van der Waals surface area contributed by atoms with Crippen LogP contribution < -0.4 is 5.32 Å². The molecule has 0 aliphatic heterocycles. The fraction of sp³-hybridized carbons (Fsp3) is 0.455. The van der Waals surface area contributed by atoms with Gasteiger partial charge in [0.1, 0.15) is 0 Å². The fourth-order valence-electron chi connectivity index (χ4n) is 1.75. The first-order valence-corrected chi connectivity index (χ1v) is 5.45. The smallest absolute Gasteiger partial charge is 0.151 e. The van der Waals surface area contributed by atoms with Gasteiger partial charge in [0, 0.05) is 31.5 Å². The molecule has 0 saturated heterocycles. The molecule has 6 heteroatoms. The van der Waals surface area contributed by atoms with E-state index < -0.39 is 0 Å². The van der Waals surface area contributed by atoms with Crippen molar-refractivity contribution in [2.75, 3.05) is 5.32 Å². The lowest BCUT2D eigenvalue weighted by molar-refractivity contribution is 0.627. The third-order valence-corrected chi connectivity index (χ3v) is 2.55. The normalized spacial score (nSPS) is 10.1. The molecule has 0 aromatic carbocycles. The molecule has 0 fully saturated rings. The van der Waals surface area contributed by atoms with Crippen LogP contribution in [0.4, 0.5) is 5.82 Å². The minimum absolute atomic E-state index is 0. The second kappa shape index (κ2) is 5.72. The third-order valence-electron chi connectivity index (χ3n) is 2.55. The van der Waals surface area contributed by atoms with E-state index in [0.717, 1.165) is 24.5 Å². The van der Waals surface area contributed by atoms with Gasteiger partial charge in [-0.2, -0.15) is 10.2 Å². The van der Waals surface area contributed by atoms with Crippen molar-refractivity contribution in [2.24, 2.45) is 7.05 Å². The quantitative estimate of drug-likeness (QED) is 0.909. The lowest BCUT2D eigenvalue weighted by atomic mass is 10.3. The lowest BCUT2D eigenvalue weighted by Crippen LogP contribution is -2.08. The Hall–Kier alpha value is -1.49. The van der Waals surface area contributed by atoms with Crippen LogP contribution in [0.25, 0.3) is 0 Å². The van der Waals surface area contributed by atoms with Gasteiger partial charge in [0.15, 0.2) is 5.82 Å². The van der Waals surface area contributed by atoms with E-state index in [9.17, 15) is 0 Å². The van der Waals surface area contributed by atoms with E-state index in [1.165, 1.54) is 5.69 Å². The zero-order valence-corrected chi connectivity index (χ0v) is 11.2. The molecule has 0 unspecified atom stereocenters. The van der Waals surface area contributed by atoms with Crippen LogP contribution in [-0.2, 0) is 20.1 Å². The molecule has 2 aromatic rings. The maximum absolute atomic E-state index is 4.34. The number of halogens is 1. The van der Waals surface area contributed by atoms with Gasteiger partial charge in [-0.3, -0.25) is 9.36 Å². The summed E-state index contributed by atoms with van der Waals surface area (Å²) in [6, 6.07) is 2.02. The first-order valence-electron chi connectivity index (χ1n) is 5.45. The highest BCUT2D eigenvalue weighted by atomic mass is 35.5. The van der Waals surface area contributed by atoms with Crippen molar-refractivity contribution in [3.05, 3.63) is 29.7 Å². The van der Waals surface area contributed by atoms with E-state index in [1.54, 1.807) is 0 Å². The van der Waals surface area contributed by atoms with Crippen molar-refractivity contribution < 1.29 is 0 Å². The van der Waals surface area contributed by atoms with Gasteiger partial charge in [0.2, 0.25) is 0 Å². The summed E-state index contributed by atoms with van der Waals surface area (Å²) in [5.41, 5.74) is 2.33. The number of aryl methyl sites for hydroxylation is 3. The van der Waals surface area contributed by atoms with Gasteiger partial charge in [-0.05, 0) is 19.9 Å². The van der Waals surface area contributed by atoms with Gasteiger partial charge < -0.3 is 5.32 Å². The minimum Gasteiger partial charge on any atom is -0.363 e. The fourth-order valence-corrected chi connectivity index (χ4v) is 1.75. The van der Waals surface area contributed by atoms with Crippen molar-refractivity contribution in [2.45, 2.75) is 26.9 Å². The molecule has 0 bridgehead atoms. The van der Waals surface area contributed by atoms with E-state index in [2.05, 4.69) is 22.4 Å². The van der Waals surface area contributed by atoms with Crippen LogP contribution >= 0.6 is 12.4 Å². The molecule has 0 atom stereocenters. The van der Waals surface area contributed by atoms with E-state index in [-0.39, 0.29) is 12.4 Å². The monoisotopic (exact) mass is 255 g/mol. The third kappa shape index (κ3) is 3.00. The van der Waals surface area contributed by atoms with Crippen molar-refractivity contribution in [1.82, 2.24) is 19.6 Å². The zero-order chi connectivity index (χ0) is 11.5. The van der Waals surface area contributed by atoms with Gasteiger partial charge in [0.25, 0.3) is 0 Å². The Labute approximate surface area is 107 Å². The average molecular weight is 256 g/mol. The summed E-state index contributed by atoms with van der Waals surface area (Å²) in [7, 11) is 1.93. The maximum atomic E-state index is 4.34. The van der Waals surface area contributed by atoms with Crippen LogP contribution in [0.15, 0.2) is 18.5 Å². The zero-order valence-electron chi connectivity index (χ0n) is 10.3. The Morgan fingerprint density at radius 2 is 2.18 bits per heavy atom. The summed E-state index contributed by atoms with van der Waals surface area (Å²) in [4.78, 5) is 0. The Morgan fingerprint density at radius 3 is 2.76 bits per heavy atom. The van der Waals surface area contributed by atoms with Crippen molar-refractivity contribution in [3.63, 3.8) is 0 Å². The number of hydrogen-bond acceptors (Lipinski definition) is 3. The van der Waals surface area contributed by atoms with Crippen LogP contribution in [0.5, 0.6) is 0 Å². The Bertz CT molecular complexity index is 474. The molecule has 5 nitrogen and oxygen atoms in total. The minimum atomic E-state index is 0. The summed E-state index contributed by atoms with van der Waals surface area (Å²) in [5.74, 6) is 0.936. The number of hydrogen-bond donors (Lipinski definition) is 1. The molecule has 0 aliphatic rings.